The summed E-state index contributed by atoms with van der Waals surface area (Å²) in [5.74, 6) is 0.464. The van der Waals surface area contributed by atoms with Crippen LogP contribution >= 0.6 is 11.3 Å². The van der Waals surface area contributed by atoms with Crippen molar-refractivity contribution < 1.29 is 4.79 Å². The van der Waals surface area contributed by atoms with Gasteiger partial charge in [-0.05, 0) is 74.7 Å². The number of hydrogen-bond donors (Lipinski definition) is 1. The second-order valence-corrected chi connectivity index (χ2v) is 9.59. The number of thiophene rings is 1. The van der Waals surface area contributed by atoms with Crippen molar-refractivity contribution in [1.29, 1.82) is 0 Å². The largest absolute Gasteiger partial charge is 0.348 e. The molecule has 1 aromatic carbocycles. The summed E-state index contributed by atoms with van der Waals surface area (Å²) in [5.41, 5.74) is 2.26. The van der Waals surface area contributed by atoms with Gasteiger partial charge in [0.1, 0.15) is 0 Å². The molecule has 0 aliphatic carbocycles. The van der Waals surface area contributed by atoms with Crippen molar-refractivity contribution in [3.63, 3.8) is 0 Å². The van der Waals surface area contributed by atoms with E-state index in [1.54, 1.807) is 28.2 Å². The molecule has 0 saturated carbocycles. The Morgan fingerprint density at radius 2 is 1.80 bits per heavy atom. The lowest BCUT2D eigenvalue weighted by molar-refractivity contribution is 0.0620. The lowest BCUT2D eigenvalue weighted by Crippen LogP contribution is -2.57. The van der Waals surface area contributed by atoms with Crippen molar-refractivity contribution in [2.24, 2.45) is 5.92 Å². The molecule has 3 aliphatic rings. The first-order valence-corrected chi connectivity index (χ1v) is 11.3. The maximum atomic E-state index is 12.9. The molecule has 6 rings (SSSR count). The Morgan fingerprint density at radius 3 is 2.43 bits per heavy atom. The van der Waals surface area contributed by atoms with Crippen LogP contribution in [0.3, 0.4) is 0 Å². The van der Waals surface area contributed by atoms with Crippen LogP contribution in [0.2, 0.25) is 0 Å². The molecule has 0 spiro atoms. The third kappa shape index (κ3) is 3.73. The molecular formula is C24H25N3O2S. The van der Waals surface area contributed by atoms with E-state index in [1.807, 2.05) is 24.3 Å². The molecule has 3 fully saturated rings. The van der Waals surface area contributed by atoms with E-state index in [0.717, 1.165) is 43.7 Å². The van der Waals surface area contributed by atoms with E-state index in [0.29, 0.717) is 11.5 Å². The monoisotopic (exact) mass is 419 g/mol. The fourth-order valence-corrected chi connectivity index (χ4v) is 5.45. The van der Waals surface area contributed by atoms with Gasteiger partial charge in [-0.3, -0.25) is 14.2 Å². The quantitative estimate of drug-likeness (QED) is 0.702. The second kappa shape index (κ2) is 7.85. The maximum Gasteiger partial charge on any atom is 0.255 e. The molecule has 5 nitrogen and oxygen atoms in total. The molecule has 1 unspecified atom stereocenters. The predicted octanol–water partition coefficient (Wildman–Crippen LogP) is 3.70. The summed E-state index contributed by atoms with van der Waals surface area (Å²) >= 11 is 1.75. The number of amides is 1. The Labute approximate surface area is 180 Å². The molecule has 3 aromatic rings. The third-order valence-corrected chi connectivity index (χ3v) is 7.37. The molecule has 6 heteroatoms. The summed E-state index contributed by atoms with van der Waals surface area (Å²) in [6.07, 6.45) is 3.96. The Bertz CT molecular complexity index is 1120. The topological polar surface area (TPSA) is 54.3 Å². The highest BCUT2D eigenvalue weighted by molar-refractivity contribution is 7.15. The summed E-state index contributed by atoms with van der Waals surface area (Å²) < 4.78 is 1.55. The first-order valence-electron chi connectivity index (χ1n) is 10.5. The minimum Gasteiger partial charge on any atom is -0.348 e. The van der Waals surface area contributed by atoms with Crippen molar-refractivity contribution in [1.82, 2.24) is 14.8 Å². The molecule has 0 radical (unpaired) electrons. The highest BCUT2D eigenvalue weighted by atomic mass is 32.1. The normalized spacial score (nSPS) is 22.8. The van der Waals surface area contributed by atoms with E-state index in [1.165, 1.54) is 15.8 Å². The van der Waals surface area contributed by atoms with Crippen molar-refractivity contribution in [2.75, 3.05) is 19.6 Å². The molecule has 3 aliphatic heterocycles. The Kier molecular flexibility index (Phi) is 5.05. The predicted molar refractivity (Wildman–Crippen MR) is 121 cm³/mol. The number of carbonyl (C=O) groups is 1. The number of rotatable bonds is 4. The number of nitrogens with zero attached hydrogens (tertiary/aromatic N) is 2. The highest BCUT2D eigenvalue weighted by Crippen LogP contribution is 2.29. The lowest BCUT2D eigenvalue weighted by atomic mass is 9.84. The highest BCUT2D eigenvalue weighted by Gasteiger charge is 2.35. The second-order valence-electron chi connectivity index (χ2n) is 8.30. The summed E-state index contributed by atoms with van der Waals surface area (Å²) in [7, 11) is 0. The zero-order valence-corrected chi connectivity index (χ0v) is 17.8. The zero-order valence-electron chi connectivity index (χ0n) is 17.0. The molecule has 2 aromatic heterocycles. The van der Waals surface area contributed by atoms with Crippen molar-refractivity contribution in [2.45, 2.75) is 25.8 Å². The lowest BCUT2D eigenvalue weighted by Gasteiger charge is -2.44. The zero-order chi connectivity index (χ0) is 20.7. The minimum absolute atomic E-state index is 0.104. The fraction of sp³-hybridized carbons (Fsp3) is 0.333. The van der Waals surface area contributed by atoms with Crippen LogP contribution in [0.15, 0.2) is 59.5 Å². The van der Waals surface area contributed by atoms with Gasteiger partial charge in [-0.25, -0.2) is 0 Å². The van der Waals surface area contributed by atoms with Crippen LogP contribution in [0.1, 0.15) is 28.1 Å². The van der Waals surface area contributed by atoms with E-state index in [9.17, 15) is 9.59 Å². The number of carbonyl (C=O) groups excluding carboxylic acids is 1. The Balaban J connectivity index is 1.37. The molecule has 154 valence electrons. The van der Waals surface area contributed by atoms with Gasteiger partial charge in [-0.2, -0.15) is 0 Å². The molecule has 1 amide bonds. The van der Waals surface area contributed by atoms with Crippen molar-refractivity contribution in [3.05, 3.63) is 75.5 Å². The average Bonchev–Trinajstić information content (AvgIpc) is 3.21. The van der Waals surface area contributed by atoms with Crippen LogP contribution < -0.4 is 10.9 Å². The van der Waals surface area contributed by atoms with Gasteiger partial charge in [-0.1, -0.05) is 12.1 Å². The number of piperidine rings is 3. The molecule has 2 bridgehead atoms. The van der Waals surface area contributed by atoms with E-state index in [2.05, 4.69) is 29.3 Å². The molecule has 30 heavy (non-hydrogen) atoms. The van der Waals surface area contributed by atoms with Crippen LogP contribution in [0.25, 0.3) is 16.1 Å². The Morgan fingerprint density at radius 1 is 1.03 bits per heavy atom. The Hall–Kier alpha value is -2.70. The minimum atomic E-state index is -0.144. The van der Waals surface area contributed by atoms with Gasteiger partial charge in [-0.15, -0.1) is 11.3 Å². The smallest absolute Gasteiger partial charge is 0.255 e. The van der Waals surface area contributed by atoms with E-state index in [4.69, 9.17) is 0 Å². The van der Waals surface area contributed by atoms with Gasteiger partial charge >= 0.3 is 0 Å². The number of aryl methyl sites for hydroxylation is 1. The van der Waals surface area contributed by atoms with Crippen LogP contribution in [-0.2, 0) is 0 Å². The number of hydrogen-bond acceptors (Lipinski definition) is 4. The molecule has 5 heterocycles. The first-order chi connectivity index (χ1) is 14.6. The van der Waals surface area contributed by atoms with Crippen LogP contribution in [0.5, 0.6) is 0 Å². The van der Waals surface area contributed by atoms with Crippen LogP contribution in [0.4, 0.5) is 0 Å². The van der Waals surface area contributed by atoms with E-state index < -0.39 is 0 Å². The number of aromatic nitrogens is 1. The van der Waals surface area contributed by atoms with Gasteiger partial charge in [0.15, 0.2) is 0 Å². The molecular weight excluding hydrogens is 394 g/mol. The van der Waals surface area contributed by atoms with Gasteiger partial charge < -0.3 is 10.2 Å². The summed E-state index contributed by atoms with van der Waals surface area (Å²) in [4.78, 5) is 30.3. The summed E-state index contributed by atoms with van der Waals surface area (Å²) in [6, 6.07) is 15.4. The summed E-state index contributed by atoms with van der Waals surface area (Å²) in [6.45, 7) is 5.31. The van der Waals surface area contributed by atoms with Crippen LogP contribution in [-0.4, -0.2) is 41.1 Å². The third-order valence-electron chi connectivity index (χ3n) is 6.32. The van der Waals surface area contributed by atoms with Crippen LogP contribution in [0, 0.1) is 12.8 Å². The standard InChI is InChI=1S/C24H25N3O2S/c1-16-2-8-22(30-16)18-3-6-20(7-4-18)27-14-19(5-9-23(27)28)24(29)25-21-15-26-12-10-17(21)11-13-26/h2-9,14,17,21H,10-13,15H2,1H3,(H,25,29). The molecule has 1 N–H and O–H groups in total. The number of benzene rings is 1. The van der Waals surface area contributed by atoms with E-state index in [-0.39, 0.29) is 17.5 Å². The first kappa shape index (κ1) is 19.3. The van der Waals surface area contributed by atoms with Gasteiger partial charge in [0, 0.05) is 40.3 Å². The van der Waals surface area contributed by atoms with Gasteiger partial charge in [0.25, 0.3) is 11.5 Å². The number of nitrogens with one attached hydrogen (secondary N) is 1. The van der Waals surface area contributed by atoms with Crippen molar-refractivity contribution in [3.8, 4) is 16.1 Å². The maximum absolute atomic E-state index is 12.9. The van der Waals surface area contributed by atoms with Gasteiger partial charge in [0.05, 0.1) is 5.56 Å². The fourth-order valence-electron chi connectivity index (χ4n) is 4.58. The number of fused-ring (bicyclic) bond motifs is 3. The molecule has 3 saturated heterocycles. The number of pyridine rings is 1. The average molecular weight is 420 g/mol. The van der Waals surface area contributed by atoms with Gasteiger partial charge in [0.2, 0.25) is 0 Å². The summed E-state index contributed by atoms with van der Waals surface area (Å²) in [5, 5.41) is 3.20. The van der Waals surface area contributed by atoms with Crippen molar-refractivity contribution >= 4 is 17.2 Å². The van der Waals surface area contributed by atoms with E-state index >= 15 is 0 Å². The molecule has 1 atom stereocenters. The SMILES string of the molecule is Cc1ccc(-c2ccc(-n3cc(C(=O)NC4CN5CCC4CC5)ccc3=O)cc2)s1.